The molecule has 0 aliphatic carbocycles. The van der Waals surface area contributed by atoms with Crippen molar-refractivity contribution in [3.05, 3.63) is 29.3 Å². The molecule has 1 aliphatic rings. The normalized spacial score (nSPS) is 14.1. The second-order valence-electron chi connectivity index (χ2n) is 8.55. The second-order valence-corrected chi connectivity index (χ2v) is 8.55. The Bertz CT molecular complexity index is 890. The zero-order valence-electron chi connectivity index (χ0n) is 19.0. The number of anilines is 1. The van der Waals surface area contributed by atoms with E-state index in [4.69, 9.17) is 4.74 Å². The van der Waals surface area contributed by atoms with E-state index in [2.05, 4.69) is 10.6 Å². The topological polar surface area (TPSA) is 122 Å². The molecule has 1 aliphatic heterocycles. The van der Waals surface area contributed by atoms with Crippen LogP contribution in [0.4, 0.5) is 5.69 Å². The molecule has 1 aromatic rings. The number of nitrogens with one attached hydrogen (secondary N) is 2. The molecule has 0 bridgehead atoms. The van der Waals surface area contributed by atoms with Gasteiger partial charge in [0.05, 0.1) is 11.1 Å². The lowest BCUT2D eigenvalue weighted by molar-refractivity contribution is -0.154. The Labute approximate surface area is 187 Å². The minimum atomic E-state index is -1.06. The fraction of sp³-hybridized carbons (Fsp3) is 0.522. The molecule has 2 rings (SSSR count). The smallest absolute Gasteiger partial charge is 0.306 e. The largest absolute Gasteiger partial charge is 0.460 e. The Hall–Kier alpha value is -3.23. The van der Waals surface area contributed by atoms with Crippen molar-refractivity contribution in [3.8, 4) is 0 Å². The molecule has 0 fully saturated rings. The number of benzene rings is 1. The van der Waals surface area contributed by atoms with Crippen molar-refractivity contribution in [2.45, 2.75) is 64.5 Å². The zero-order chi connectivity index (χ0) is 23.9. The maximum Gasteiger partial charge on any atom is 0.306 e. The molecule has 1 unspecified atom stereocenters. The Morgan fingerprint density at radius 3 is 2.50 bits per heavy atom. The number of carbonyl (C=O) groups is 5. The van der Waals surface area contributed by atoms with E-state index < -0.39 is 29.4 Å². The third kappa shape index (κ3) is 6.15. The van der Waals surface area contributed by atoms with E-state index in [0.29, 0.717) is 37.8 Å². The summed E-state index contributed by atoms with van der Waals surface area (Å²) in [7, 11) is 1.42. The van der Waals surface area contributed by atoms with Crippen LogP contribution in [0.3, 0.4) is 0 Å². The van der Waals surface area contributed by atoms with Crippen LogP contribution in [0.5, 0.6) is 0 Å². The van der Waals surface area contributed by atoms with Crippen molar-refractivity contribution in [2.24, 2.45) is 0 Å². The van der Waals surface area contributed by atoms with Crippen molar-refractivity contribution < 1.29 is 28.7 Å². The number of unbranched alkanes of at least 4 members (excludes halogenated alkanes) is 1. The molecule has 0 aromatic heterocycles. The maximum absolute atomic E-state index is 13.1. The summed E-state index contributed by atoms with van der Waals surface area (Å²) in [4.78, 5) is 61.8. The fourth-order valence-electron chi connectivity index (χ4n) is 3.51. The van der Waals surface area contributed by atoms with Crippen LogP contribution in [0.15, 0.2) is 18.2 Å². The molecule has 9 nitrogen and oxygen atoms in total. The monoisotopic (exact) mass is 445 g/mol. The lowest BCUT2D eigenvalue weighted by Crippen LogP contribution is -2.48. The predicted molar refractivity (Wildman–Crippen MR) is 118 cm³/mol. The third-order valence-electron chi connectivity index (χ3n) is 4.91. The van der Waals surface area contributed by atoms with Crippen LogP contribution in [-0.4, -0.2) is 60.1 Å². The molecular formula is C23H31N3O6. The van der Waals surface area contributed by atoms with Crippen LogP contribution in [0.25, 0.3) is 0 Å². The van der Waals surface area contributed by atoms with Crippen LogP contribution >= 0.6 is 0 Å². The van der Waals surface area contributed by atoms with Gasteiger partial charge in [0.2, 0.25) is 5.91 Å². The van der Waals surface area contributed by atoms with Gasteiger partial charge in [-0.05, 0) is 52.2 Å². The molecule has 9 heteroatoms. The summed E-state index contributed by atoms with van der Waals surface area (Å²) in [6, 6.07) is 3.85. The van der Waals surface area contributed by atoms with E-state index in [1.165, 1.54) is 7.05 Å². The van der Waals surface area contributed by atoms with E-state index in [9.17, 15) is 24.0 Å². The molecule has 2 N–H and O–H groups in total. The Morgan fingerprint density at radius 1 is 1.16 bits per heavy atom. The van der Waals surface area contributed by atoms with Gasteiger partial charge in [0.15, 0.2) is 0 Å². The Balaban J connectivity index is 2.05. The van der Waals surface area contributed by atoms with Crippen molar-refractivity contribution in [2.75, 3.05) is 18.9 Å². The lowest BCUT2D eigenvalue weighted by atomic mass is 10.1. The first kappa shape index (κ1) is 25.0. The van der Waals surface area contributed by atoms with E-state index in [-0.39, 0.29) is 29.9 Å². The number of hydrogen-bond acceptors (Lipinski definition) is 7. The fourth-order valence-corrected chi connectivity index (χ4v) is 3.51. The van der Waals surface area contributed by atoms with E-state index in [1.54, 1.807) is 18.2 Å². The van der Waals surface area contributed by atoms with Crippen LogP contribution in [-0.2, 0) is 19.1 Å². The van der Waals surface area contributed by atoms with Gasteiger partial charge >= 0.3 is 5.97 Å². The number of fused-ring (bicyclic) bond motifs is 1. The number of hydrogen-bond donors (Lipinski definition) is 2. The van der Waals surface area contributed by atoms with Crippen LogP contribution in [0, 0.1) is 0 Å². The van der Waals surface area contributed by atoms with Gasteiger partial charge in [-0.2, -0.15) is 0 Å². The maximum atomic E-state index is 13.1. The Morgan fingerprint density at radius 2 is 1.88 bits per heavy atom. The number of imide groups is 1. The Kier molecular flexibility index (Phi) is 8.51. The first-order chi connectivity index (χ1) is 15.1. The molecule has 0 saturated heterocycles. The van der Waals surface area contributed by atoms with Crippen molar-refractivity contribution in [3.63, 3.8) is 0 Å². The van der Waals surface area contributed by atoms with Crippen molar-refractivity contribution >= 4 is 35.7 Å². The summed E-state index contributed by atoms with van der Waals surface area (Å²) in [6.07, 6.45) is 2.33. The highest BCUT2D eigenvalue weighted by molar-refractivity contribution is 6.25. The molecule has 0 spiro atoms. The first-order valence-corrected chi connectivity index (χ1v) is 10.7. The van der Waals surface area contributed by atoms with Gasteiger partial charge in [0.25, 0.3) is 11.8 Å². The number of amides is 3. The van der Waals surface area contributed by atoms with E-state index in [1.807, 2.05) is 20.8 Å². The average molecular weight is 446 g/mol. The SMILES string of the molecule is CNC(=O)C(CCC=O)N1C(=O)c2cccc(NCCCCC(=O)OC(C)(C)C)c2C1=O. The van der Waals surface area contributed by atoms with Gasteiger partial charge in [-0.25, -0.2) is 0 Å². The molecule has 1 aromatic carbocycles. The van der Waals surface area contributed by atoms with Crippen LogP contribution < -0.4 is 10.6 Å². The molecule has 1 atom stereocenters. The summed E-state index contributed by atoms with van der Waals surface area (Å²) in [5.41, 5.74) is 0.404. The standard InChI is InChI=1S/C23H31N3O6/c1-23(2,3)32-18(28)12-5-6-13-25-16-10-7-9-15-19(16)22(31)26(21(15)30)17(11-8-14-27)20(29)24-4/h7,9-10,14,17,25H,5-6,8,11-13H2,1-4H3,(H,24,29). The number of aldehydes is 1. The van der Waals surface area contributed by atoms with Gasteiger partial charge in [0, 0.05) is 32.1 Å². The van der Waals surface area contributed by atoms with Gasteiger partial charge in [-0.1, -0.05) is 6.07 Å². The number of ether oxygens (including phenoxy) is 1. The quantitative estimate of drug-likeness (QED) is 0.232. The third-order valence-corrected chi connectivity index (χ3v) is 4.91. The number of likely N-dealkylation sites (N-methyl/N-ethyl adjacent to an activating group) is 1. The molecule has 0 saturated carbocycles. The molecular weight excluding hydrogens is 414 g/mol. The number of nitrogens with zero attached hydrogens (tertiary/aromatic N) is 1. The minimum absolute atomic E-state index is 0.0498. The van der Waals surface area contributed by atoms with Crippen LogP contribution in [0.2, 0.25) is 0 Å². The molecule has 32 heavy (non-hydrogen) atoms. The predicted octanol–water partition coefficient (Wildman–Crippen LogP) is 2.30. The highest BCUT2D eigenvalue weighted by Gasteiger charge is 2.43. The van der Waals surface area contributed by atoms with Crippen LogP contribution in [0.1, 0.15) is 73.6 Å². The van der Waals surface area contributed by atoms with Gasteiger partial charge < -0.3 is 20.2 Å². The summed E-state index contributed by atoms with van der Waals surface area (Å²) in [5, 5.41) is 5.61. The number of carbonyl (C=O) groups excluding carboxylic acids is 5. The van der Waals surface area contributed by atoms with E-state index in [0.717, 1.165) is 4.90 Å². The molecule has 0 radical (unpaired) electrons. The number of rotatable bonds is 11. The van der Waals surface area contributed by atoms with Crippen molar-refractivity contribution in [1.82, 2.24) is 10.2 Å². The zero-order valence-corrected chi connectivity index (χ0v) is 19.0. The summed E-state index contributed by atoms with van der Waals surface area (Å²) < 4.78 is 5.28. The summed E-state index contributed by atoms with van der Waals surface area (Å²) >= 11 is 0. The van der Waals surface area contributed by atoms with E-state index >= 15 is 0 Å². The van der Waals surface area contributed by atoms with Gasteiger partial charge in [0.1, 0.15) is 17.9 Å². The second kappa shape index (κ2) is 10.9. The molecule has 3 amide bonds. The highest BCUT2D eigenvalue weighted by atomic mass is 16.6. The summed E-state index contributed by atoms with van der Waals surface area (Å²) in [6.45, 7) is 5.94. The van der Waals surface area contributed by atoms with Gasteiger partial charge in [-0.3, -0.25) is 24.1 Å². The minimum Gasteiger partial charge on any atom is -0.460 e. The number of esters is 1. The molecule has 1 heterocycles. The van der Waals surface area contributed by atoms with Crippen molar-refractivity contribution in [1.29, 1.82) is 0 Å². The average Bonchev–Trinajstić information content (AvgIpc) is 2.98. The summed E-state index contributed by atoms with van der Waals surface area (Å²) in [5.74, 6) is -1.89. The molecule has 174 valence electrons. The highest BCUT2D eigenvalue weighted by Crippen LogP contribution is 2.31. The first-order valence-electron chi connectivity index (χ1n) is 10.7. The van der Waals surface area contributed by atoms with Gasteiger partial charge in [-0.15, -0.1) is 0 Å². The lowest BCUT2D eigenvalue weighted by Gasteiger charge is -2.24.